The summed E-state index contributed by atoms with van der Waals surface area (Å²) in [4.78, 5) is 12.4. The van der Waals surface area contributed by atoms with Gasteiger partial charge in [-0.05, 0) is 37.6 Å². The number of hydrogen-bond acceptors (Lipinski definition) is 3. The lowest BCUT2D eigenvalue weighted by Gasteiger charge is -2.16. The Morgan fingerprint density at radius 3 is 2.74 bits per heavy atom. The second kappa shape index (κ2) is 8.98. The van der Waals surface area contributed by atoms with Crippen LogP contribution in [0.3, 0.4) is 0 Å². The lowest BCUT2D eigenvalue weighted by atomic mass is 10.1. The molecule has 0 spiro atoms. The van der Waals surface area contributed by atoms with Crippen molar-refractivity contribution in [3.05, 3.63) is 53.3 Å². The zero-order chi connectivity index (χ0) is 20.0. The molecule has 0 aliphatic carbocycles. The second-order valence-corrected chi connectivity index (χ2v) is 6.02. The Morgan fingerprint density at radius 1 is 1.33 bits per heavy atom. The van der Waals surface area contributed by atoms with E-state index >= 15 is 0 Å². The van der Waals surface area contributed by atoms with Gasteiger partial charge in [0.05, 0.1) is 18.3 Å². The van der Waals surface area contributed by atoms with Crippen molar-refractivity contribution in [2.24, 2.45) is 0 Å². The molecule has 148 valence electrons. The molecule has 1 aromatic heterocycles. The summed E-state index contributed by atoms with van der Waals surface area (Å²) in [7, 11) is 0. The third kappa shape index (κ3) is 5.53. The molecule has 0 fully saturated rings. The first-order valence-corrected chi connectivity index (χ1v) is 8.39. The number of halogens is 4. The monoisotopic (exact) mass is 387 g/mol. The van der Waals surface area contributed by atoms with Crippen molar-refractivity contribution in [3.63, 3.8) is 0 Å². The Kier molecular flexibility index (Phi) is 6.95. The van der Waals surface area contributed by atoms with Gasteiger partial charge in [0.1, 0.15) is 6.61 Å². The minimum atomic E-state index is -4.20. The quantitative estimate of drug-likeness (QED) is 0.666. The van der Waals surface area contributed by atoms with E-state index in [1.165, 1.54) is 6.07 Å². The molecule has 0 saturated carbocycles. The summed E-state index contributed by atoms with van der Waals surface area (Å²) in [5.41, 5.74) is 1.59. The molecule has 0 bridgehead atoms. The number of rotatable bonds is 9. The first kappa shape index (κ1) is 20.9. The summed E-state index contributed by atoms with van der Waals surface area (Å²) >= 11 is 0. The summed E-state index contributed by atoms with van der Waals surface area (Å²) in [5, 5.41) is 6.99. The maximum absolute atomic E-state index is 12.9. The maximum atomic E-state index is 12.9. The van der Waals surface area contributed by atoms with Crippen molar-refractivity contribution in [1.82, 2.24) is 15.1 Å². The van der Waals surface area contributed by atoms with Gasteiger partial charge in [-0.15, -0.1) is 0 Å². The van der Waals surface area contributed by atoms with Gasteiger partial charge in [0.2, 0.25) is 0 Å². The van der Waals surface area contributed by atoms with E-state index in [4.69, 9.17) is 0 Å². The first-order valence-electron chi connectivity index (χ1n) is 8.39. The van der Waals surface area contributed by atoms with Gasteiger partial charge >= 0.3 is 12.3 Å². The number of aryl methyl sites for hydroxylation is 1. The first-order chi connectivity index (χ1) is 12.7. The van der Waals surface area contributed by atoms with Crippen LogP contribution >= 0.6 is 0 Å². The third-order valence-corrected chi connectivity index (χ3v) is 3.91. The molecule has 0 saturated heterocycles. The lowest BCUT2D eigenvalue weighted by molar-refractivity contribution is -0.168. The van der Waals surface area contributed by atoms with Crippen LogP contribution in [0.15, 0.2) is 36.5 Å². The Hall–Kier alpha value is -2.42. The highest BCUT2D eigenvalue weighted by molar-refractivity contribution is 5.94. The molecule has 2 aromatic rings. The molecule has 5 nitrogen and oxygen atoms in total. The third-order valence-electron chi connectivity index (χ3n) is 3.91. The average molecular weight is 387 g/mol. The van der Waals surface area contributed by atoms with Gasteiger partial charge in [-0.25, -0.2) is 8.78 Å². The van der Waals surface area contributed by atoms with Crippen molar-refractivity contribution < 1.29 is 27.1 Å². The minimum Gasteiger partial charge on any atom is -0.370 e. The lowest BCUT2D eigenvalue weighted by Crippen LogP contribution is -2.32. The van der Waals surface area contributed by atoms with E-state index in [1.54, 1.807) is 29.1 Å². The van der Waals surface area contributed by atoms with Crippen LogP contribution in [-0.4, -0.2) is 34.6 Å². The van der Waals surface area contributed by atoms with Crippen LogP contribution in [-0.2, 0) is 17.9 Å². The number of amides is 1. The molecule has 0 radical (unpaired) electrons. The molecule has 1 aromatic carbocycles. The van der Waals surface area contributed by atoms with Crippen LogP contribution in [0, 0.1) is 0 Å². The normalized spacial score (nSPS) is 13.0. The van der Waals surface area contributed by atoms with E-state index in [9.17, 15) is 22.4 Å². The van der Waals surface area contributed by atoms with Gasteiger partial charge < -0.3 is 10.1 Å². The number of alkyl halides is 4. The van der Waals surface area contributed by atoms with Crippen LogP contribution in [0.4, 0.5) is 17.6 Å². The summed E-state index contributed by atoms with van der Waals surface area (Å²) in [6.07, 6.45) is -2.14. The molecule has 2 rings (SSSR count). The SMILES string of the molecule is CCn1nccc1C(C)NC(=O)c1cccc(COCC(F)(F)C(F)F)c1. The van der Waals surface area contributed by atoms with Crippen LogP contribution in [0.25, 0.3) is 0 Å². The number of carbonyl (C=O) groups excluding carboxylic acids is 1. The van der Waals surface area contributed by atoms with Gasteiger partial charge in [0.15, 0.2) is 0 Å². The molecule has 27 heavy (non-hydrogen) atoms. The molecule has 1 heterocycles. The largest absolute Gasteiger partial charge is 0.370 e. The number of ether oxygens (including phenoxy) is 1. The van der Waals surface area contributed by atoms with Crippen LogP contribution < -0.4 is 5.32 Å². The molecule has 1 atom stereocenters. The molecule has 9 heteroatoms. The number of benzene rings is 1. The van der Waals surface area contributed by atoms with Crippen LogP contribution in [0.5, 0.6) is 0 Å². The van der Waals surface area contributed by atoms with Gasteiger partial charge in [-0.3, -0.25) is 9.48 Å². The highest BCUT2D eigenvalue weighted by atomic mass is 19.3. The molecule has 1 amide bonds. The molecular formula is C18H21F4N3O2. The Morgan fingerprint density at radius 2 is 2.07 bits per heavy atom. The van der Waals surface area contributed by atoms with Crippen molar-refractivity contribution in [3.8, 4) is 0 Å². The zero-order valence-corrected chi connectivity index (χ0v) is 15.0. The predicted molar refractivity (Wildman–Crippen MR) is 90.8 cm³/mol. The Balaban J connectivity index is 1.97. The second-order valence-electron chi connectivity index (χ2n) is 6.02. The summed E-state index contributed by atoms with van der Waals surface area (Å²) in [6, 6.07) is 7.69. The number of hydrogen-bond donors (Lipinski definition) is 1. The zero-order valence-electron chi connectivity index (χ0n) is 15.0. The molecule has 1 unspecified atom stereocenters. The van der Waals surface area contributed by atoms with Gasteiger partial charge in [0, 0.05) is 18.3 Å². The van der Waals surface area contributed by atoms with Crippen molar-refractivity contribution >= 4 is 5.91 Å². The molecule has 0 aliphatic rings. The van der Waals surface area contributed by atoms with Crippen molar-refractivity contribution in [1.29, 1.82) is 0 Å². The van der Waals surface area contributed by atoms with E-state index in [2.05, 4.69) is 15.2 Å². The van der Waals surface area contributed by atoms with Crippen LogP contribution in [0.1, 0.15) is 41.5 Å². The van der Waals surface area contributed by atoms with E-state index in [1.807, 2.05) is 19.9 Å². The van der Waals surface area contributed by atoms with Gasteiger partial charge in [-0.1, -0.05) is 12.1 Å². The number of nitrogens with zero attached hydrogens (tertiary/aromatic N) is 2. The standard InChI is InChI=1S/C18H21F4N3O2/c1-3-25-15(7-8-23-25)12(2)24-16(26)14-6-4-5-13(9-14)10-27-11-18(21,22)17(19)20/h4-9,12,17H,3,10-11H2,1-2H3,(H,24,26). The topological polar surface area (TPSA) is 56.2 Å². The fourth-order valence-electron chi connectivity index (χ4n) is 2.50. The van der Waals surface area contributed by atoms with E-state index in [0.29, 0.717) is 17.7 Å². The maximum Gasteiger partial charge on any atom is 0.330 e. The summed E-state index contributed by atoms with van der Waals surface area (Å²) in [5.74, 6) is -4.56. The van der Waals surface area contributed by atoms with Gasteiger partial charge in [0.25, 0.3) is 5.91 Å². The number of nitrogens with one attached hydrogen (secondary N) is 1. The molecule has 1 N–H and O–H groups in total. The fourth-order valence-corrected chi connectivity index (χ4v) is 2.50. The van der Waals surface area contributed by atoms with E-state index < -0.39 is 19.0 Å². The Bertz CT molecular complexity index is 765. The Labute approximate surface area is 154 Å². The van der Waals surface area contributed by atoms with Crippen LogP contribution in [0.2, 0.25) is 0 Å². The molecular weight excluding hydrogens is 366 g/mol. The van der Waals surface area contributed by atoms with Crippen molar-refractivity contribution in [2.75, 3.05) is 6.61 Å². The van der Waals surface area contributed by atoms with E-state index in [-0.39, 0.29) is 18.6 Å². The minimum absolute atomic E-state index is 0.287. The highest BCUT2D eigenvalue weighted by Crippen LogP contribution is 2.23. The average Bonchev–Trinajstić information content (AvgIpc) is 3.10. The highest BCUT2D eigenvalue weighted by Gasteiger charge is 2.40. The number of aromatic nitrogens is 2. The van der Waals surface area contributed by atoms with Gasteiger partial charge in [-0.2, -0.15) is 13.9 Å². The predicted octanol–water partition coefficient (Wildman–Crippen LogP) is 3.81. The number of carbonyl (C=O) groups is 1. The smallest absolute Gasteiger partial charge is 0.330 e. The molecule has 0 aliphatic heterocycles. The van der Waals surface area contributed by atoms with E-state index in [0.717, 1.165) is 5.69 Å². The summed E-state index contributed by atoms with van der Waals surface area (Å²) in [6.45, 7) is 2.73. The fraction of sp³-hybridized carbons (Fsp3) is 0.444. The van der Waals surface area contributed by atoms with Crippen molar-refractivity contribution in [2.45, 2.75) is 45.4 Å². The summed E-state index contributed by atoms with van der Waals surface area (Å²) < 4.78 is 56.4.